The fourth-order valence-corrected chi connectivity index (χ4v) is 1.66. The Balaban J connectivity index is 2.97. The van der Waals surface area contributed by atoms with E-state index in [1.54, 1.807) is 7.11 Å². The van der Waals surface area contributed by atoms with E-state index in [9.17, 15) is 4.79 Å². The van der Waals surface area contributed by atoms with Crippen molar-refractivity contribution in [2.24, 2.45) is 0 Å². The largest absolute Gasteiger partial charge is 0.463 e. The van der Waals surface area contributed by atoms with Crippen molar-refractivity contribution >= 4 is 5.97 Å². The Kier molecular flexibility index (Phi) is 5.11. The van der Waals surface area contributed by atoms with Gasteiger partial charge in [-0.2, -0.15) is 0 Å². The van der Waals surface area contributed by atoms with E-state index in [-0.39, 0.29) is 17.3 Å². The van der Waals surface area contributed by atoms with Crippen molar-refractivity contribution < 1.29 is 18.7 Å². The second-order valence-electron chi connectivity index (χ2n) is 5.61. The van der Waals surface area contributed by atoms with Gasteiger partial charge in [-0.25, -0.2) is 9.78 Å². The van der Waals surface area contributed by atoms with Crippen LogP contribution in [0.5, 0.6) is 0 Å². The molecular weight excluding hydrogens is 246 g/mol. The third-order valence-corrected chi connectivity index (χ3v) is 2.92. The van der Waals surface area contributed by atoms with Gasteiger partial charge in [-0.3, -0.25) is 0 Å². The molecule has 0 radical (unpaired) electrons. The Labute approximate surface area is 114 Å². The van der Waals surface area contributed by atoms with Crippen molar-refractivity contribution in [2.75, 3.05) is 14.2 Å². The molecule has 1 unspecified atom stereocenters. The number of methoxy groups -OCH3 is 2. The summed E-state index contributed by atoms with van der Waals surface area (Å²) >= 11 is 0. The number of aromatic nitrogens is 1. The summed E-state index contributed by atoms with van der Waals surface area (Å²) in [6.45, 7) is 7.94. The van der Waals surface area contributed by atoms with E-state index in [1.165, 1.54) is 7.11 Å². The van der Waals surface area contributed by atoms with Crippen LogP contribution in [0.15, 0.2) is 4.42 Å². The first kappa shape index (κ1) is 15.7. The molecule has 0 amide bonds. The first-order chi connectivity index (χ1) is 8.79. The molecule has 1 aromatic heterocycles. The molecular formula is C14H23NO4. The zero-order valence-corrected chi connectivity index (χ0v) is 12.6. The van der Waals surface area contributed by atoms with E-state index in [0.29, 0.717) is 18.0 Å². The van der Waals surface area contributed by atoms with Crippen LogP contribution in [0.1, 0.15) is 56.3 Å². The van der Waals surface area contributed by atoms with Gasteiger partial charge in [0.2, 0.25) is 5.76 Å². The number of ether oxygens (including phenoxy) is 2. The maximum Gasteiger partial charge on any atom is 0.376 e. The van der Waals surface area contributed by atoms with Crippen molar-refractivity contribution in [2.45, 2.75) is 52.1 Å². The van der Waals surface area contributed by atoms with Crippen LogP contribution in [-0.4, -0.2) is 31.3 Å². The highest BCUT2D eigenvalue weighted by molar-refractivity contribution is 5.87. The molecule has 0 aliphatic rings. The van der Waals surface area contributed by atoms with Crippen LogP contribution >= 0.6 is 0 Å². The van der Waals surface area contributed by atoms with Gasteiger partial charge in [0.05, 0.1) is 18.9 Å². The number of carbonyl (C=O) groups is 1. The minimum atomic E-state index is -0.483. The highest BCUT2D eigenvalue weighted by Crippen LogP contribution is 2.27. The number of esters is 1. The van der Waals surface area contributed by atoms with E-state index < -0.39 is 5.97 Å². The van der Waals surface area contributed by atoms with Gasteiger partial charge in [0.15, 0.2) is 5.89 Å². The average Bonchev–Trinajstić information content (AvgIpc) is 2.79. The zero-order chi connectivity index (χ0) is 14.6. The van der Waals surface area contributed by atoms with Crippen LogP contribution in [0.4, 0.5) is 0 Å². The number of hydrogen-bond acceptors (Lipinski definition) is 5. The van der Waals surface area contributed by atoms with Gasteiger partial charge < -0.3 is 13.9 Å². The molecule has 1 atom stereocenters. The van der Waals surface area contributed by atoms with Crippen LogP contribution in [-0.2, 0) is 21.3 Å². The molecule has 19 heavy (non-hydrogen) atoms. The van der Waals surface area contributed by atoms with Gasteiger partial charge in [-0.1, -0.05) is 20.8 Å². The number of nitrogens with zero attached hydrogens (tertiary/aromatic N) is 1. The van der Waals surface area contributed by atoms with Gasteiger partial charge >= 0.3 is 5.97 Å². The number of aryl methyl sites for hydroxylation is 1. The van der Waals surface area contributed by atoms with Crippen LogP contribution < -0.4 is 0 Å². The van der Waals surface area contributed by atoms with Gasteiger partial charge in [0, 0.05) is 18.9 Å². The highest BCUT2D eigenvalue weighted by Gasteiger charge is 2.29. The monoisotopic (exact) mass is 269 g/mol. The Morgan fingerprint density at radius 3 is 2.47 bits per heavy atom. The Bertz CT molecular complexity index is 431. The summed E-state index contributed by atoms with van der Waals surface area (Å²) in [6.07, 6.45) is 1.56. The molecule has 5 nitrogen and oxygen atoms in total. The molecule has 108 valence electrons. The first-order valence-corrected chi connectivity index (χ1v) is 6.41. The Morgan fingerprint density at radius 2 is 2.00 bits per heavy atom. The molecule has 0 saturated carbocycles. The van der Waals surface area contributed by atoms with Crippen LogP contribution in [0, 0.1) is 0 Å². The SMILES string of the molecule is COC(=O)c1oc(CCC(C)OC)nc1C(C)(C)C. The van der Waals surface area contributed by atoms with Gasteiger partial charge in [-0.05, 0) is 13.3 Å². The average molecular weight is 269 g/mol. The topological polar surface area (TPSA) is 61.6 Å². The van der Waals surface area contributed by atoms with E-state index in [4.69, 9.17) is 13.9 Å². The third kappa shape index (κ3) is 4.06. The van der Waals surface area contributed by atoms with Crippen molar-refractivity contribution in [3.8, 4) is 0 Å². The maximum atomic E-state index is 11.7. The minimum absolute atomic E-state index is 0.131. The molecule has 0 spiro atoms. The fraction of sp³-hybridized carbons (Fsp3) is 0.714. The van der Waals surface area contributed by atoms with Gasteiger partial charge in [-0.15, -0.1) is 0 Å². The quantitative estimate of drug-likeness (QED) is 0.769. The summed E-state index contributed by atoms with van der Waals surface area (Å²) in [4.78, 5) is 16.1. The smallest absolute Gasteiger partial charge is 0.376 e. The molecule has 0 aliphatic carbocycles. The summed E-state index contributed by atoms with van der Waals surface area (Å²) < 4.78 is 15.5. The maximum absolute atomic E-state index is 11.7. The summed E-state index contributed by atoms with van der Waals surface area (Å²) in [7, 11) is 3.00. The molecule has 5 heteroatoms. The molecule has 1 rings (SSSR count). The minimum Gasteiger partial charge on any atom is -0.463 e. The lowest BCUT2D eigenvalue weighted by Crippen LogP contribution is -2.17. The molecule has 0 aliphatic heterocycles. The molecule has 0 N–H and O–H groups in total. The lowest BCUT2D eigenvalue weighted by atomic mass is 9.91. The molecule has 0 fully saturated rings. The van der Waals surface area contributed by atoms with Crippen LogP contribution in [0.25, 0.3) is 0 Å². The molecule has 1 heterocycles. The fourth-order valence-electron chi connectivity index (χ4n) is 1.66. The van der Waals surface area contributed by atoms with E-state index in [1.807, 2.05) is 27.7 Å². The molecule has 1 aromatic rings. The second-order valence-corrected chi connectivity index (χ2v) is 5.61. The number of carbonyl (C=O) groups excluding carboxylic acids is 1. The first-order valence-electron chi connectivity index (χ1n) is 6.41. The molecule has 0 saturated heterocycles. The second kappa shape index (κ2) is 6.19. The van der Waals surface area contributed by atoms with Crippen LogP contribution in [0.2, 0.25) is 0 Å². The summed E-state index contributed by atoms with van der Waals surface area (Å²) in [6, 6.07) is 0. The van der Waals surface area contributed by atoms with Crippen molar-refractivity contribution in [3.63, 3.8) is 0 Å². The van der Waals surface area contributed by atoms with Crippen molar-refractivity contribution in [1.29, 1.82) is 0 Å². The van der Waals surface area contributed by atoms with E-state index in [0.717, 1.165) is 6.42 Å². The summed E-state index contributed by atoms with van der Waals surface area (Å²) in [5.74, 6) is 0.271. The summed E-state index contributed by atoms with van der Waals surface area (Å²) in [5, 5.41) is 0. The third-order valence-electron chi connectivity index (χ3n) is 2.92. The molecule has 0 aromatic carbocycles. The van der Waals surface area contributed by atoms with Gasteiger partial charge in [0.1, 0.15) is 0 Å². The van der Waals surface area contributed by atoms with Crippen LogP contribution in [0.3, 0.4) is 0 Å². The predicted molar refractivity (Wildman–Crippen MR) is 71.3 cm³/mol. The van der Waals surface area contributed by atoms with Gasteiger partial charge in [0.25, 0.3) is 0 Å². The number of hydrogen-bond donors (Lipinski definition) is 0. The predicted octanol–water partition coefficient (Wildman–Crippen LogP) is 2.73. The standard InChI is InChI=1S/C14H23NO4/c1-9(17-5)7-8-10-15-12(14(2,3)4)11(19-10)13(16)18-6/h9H,7-8H2,1-6H3. The lowest BCUT2D eigenvalue weighted by Gasteiger charge is -2.15. The highest BCUT2D eigenvalue weighted by atomic mass is 16.5. The Morgan fingerprint density at radius 1 is 1.37 bits per heavy atom. The number of rotatable bonds is 5. The zero-order valence-electron chi connectivity index (χ0n) is 12.6. The van der Waals surface area contributed by atoms with Crippen molar-refractivity contribution in [1.82, 2.24) is 4.98 Å². The normalized spacial score (nSPS) is 13.4. The molecule has 0 bridgehead atoms. The lowest BCUT2D eigenvalue weighted by molar-refractivity contribution is 0.0558. The van der Waals surface area contributed by atoms with E-state index in [2.05, 4.69) is 4.98 Å². The Hall–Kier alpha value is -1.36. The van der Waals surface area contributed by atoms with E-state index >= 15 is 0 Å². The summed E-state index contributed by atoms with van der Waals surface area (Å²) in [5.41, 5.74) is 0.373. The van der Waals surface area contributed by atoms with Crippen molar-refractivity contribution in [3.05, 3.63) is 17.3 Å². The number of oxazole rings is 1.